The molecule has 4 rings (SSSR count). The number of carbonyl (C=O) groups excluding carboxylic acids is 1. The molecule has 0 bridgehead atoms. The Morgan fingerprint density at radius 1 is 1.36 bits per heavy atom. The molecule has 1 amide bonds. The molecule has 144 valence electrons. The number of amidine groups is 1. The quantitative estimate of drug-likeness (QED) is 0.404. The van der Waals surface area contributed by atoms with Crippen molar-refractivity contribution in [2.24, 2.45) is 5.73 Å². The van der Waals surface area contributed by atoms with Crippen LogP contribution in [0.1, 0.15) is 23.1 Å². The Balaban J connectivity index is 1.60. The van der Waals surface area contributed by atoms with Gasteiger partial charge in [-0.3, -0.25) is 10.2 Å². The van der Waals surface area contributed by atoms with Crippen molar-refractivity contribution < 1.29 is 14.6 Å². The van der Waals surface area contributed by atoms with Gasteiger partial charge in [0.25, 0.3) is 5.91 Å². The molecule has 0 spiro atoms. The number of hydrogen-bond donors (Lipinski definition) is 4. The van der Waals surface area contributed by atoms with E-state index in [1.807, 2.05) is 31.2 Å². The van der Waals surface area contributed by atoms with Crippen molar-refractivity contribution in [3.05, 3.63) is 59.4 Å². The maximum atomic E-state index is 12.9. The predicted molar refractivity (Wildman–Crippen MR) is 105 cm³/mol. The lowest BCUT2D eigenvalue weighted by Crippen LogP contribution is -2.50. The largest absolute Gasteiger partial charge is 0.384 e. The Bertz CT molecular complexity index is 1040. The van der Waals surface area contributed by atoms with E-state index in [2.05, 4.69) is 9.97 Å². The van der Waals surface area contributed by atoms with E-state index in [0.717, 1.165) is 11.3 Å². The molecule has 1 saturated heterocycles. The molecule has 0 saturated carbocycles. The Morgan fingerprint density at radius 2 is 2.11 bits per heavy atom. The number of imidazole rings is 1. The standard InChI is InChI=1S/C20H21N5O3/c1-11-2-5-13(6-3-11)25-8-9-28-17(20(25)27)16(26)19-23-14-7-4-12(18(21)22)10-15(14)24-19/h2-7,10,16-17,26H,8-9H2,1H3,(H3,21,22)(H,23,24). The van der Waals surface area contributed by atoms with Crippen molar-refractivity contribution in [3.8, 4) is 0 Å². The molecule has 8 nitrogen and oxygen atoms in total. The van der Waals surface area contributed by atoms with E-state index >= 15 is 0 Å². The molecule has 2 aromatic carbocycles. The summed E-state index contributed by atoms with van der Waals surface area (Å²) in [7, 11) is 0. The van der Waals surface area contributed by atoms with Crippen LogP contribution in [0.25, 0.3) is 11.0 Å². The Kier molecular flexibility index (Phi) is 4.58. The first-order valence-corrected chi connectivity index (χ1v) is 8.96. The number of aryl methyl sites for hydroxylation is 1. The molecule has 2 heterocycles. The summed E-state index contributed by atoms with van der Waals surface area (Å²) >= 11 is 0. The first kappa shape index (κ1) is 18.1. The average Bonchev–Trinajstić information content (AvgIpc) is 3.12. The van der Waals surface area contributed by atoms with Gasteiger partial charge in [-0.25, -0.2) is 4.98 Å². The van der Waals surface area contributed by atoms with Gasteiger partial charge in [0.2, 0.25) is 0 Å². The number of aliphatic hydroxyl groups is 1. The molecule has 2 atom stereocenters. The predicted octanol–water partition coefficient (Wildman–Crippen LogP) is 1.62. The Morgan fingerprint density at radius 3 is 2.82 bits per heavy atom. The van der Waals surface area contributed by atoms with Crippen LogP contribution in [0, 0.1) is 12.3 Å². The molecule has 0 aliphatic carbocycles. The number of nitrogens with two attached hydrogens (primary N) is 1. The number of anilines is 1. The fraction of sp³-hybridized carbons (Fsp3) is 0.250. The molecule has 8 heteroatoms. The number of aromatic amines is 1. The molecule has 1 aromatic heterocycles. The lowest BCUT2D eigenvalue weighted by Gasteiger charge is -2.34. The fourth-order valence-electron chi connectivity index (χ4n) is 3.29. The van der Waals surface area contributed by atoms with Gasteiger partial charge in [0.05, 0.1) is 17.6 Å². The van der Waals surface area contributed by atoms with E-state index in [4.69, 9.17) is 15.9 Å². The minimum absolute atomic E-state index is 0.0573. The van der Waals surface area contributed by atoms with Crippen LogP contribution in [-0.2, 0) is 9.53 Å². The molecular weight excluding hydrogens is 358 g/mol. The first-order valence-electron chi connectivity index (χ1n) is 8.96. The van der Waals surface area contributed by atoms with Crippen LogP contribution in [-0.4, -0.2) is 46.1 Å². The number of morpholine rings is 1. The molecule has 0 radical (unpaired) electrons. The van der Waals surface area contributed by atoms with Crippen molar-refractivity contribution in [3.63, 3.8) is 0 Å². The van der Waals surface area contributed by atoms with Crippen molar-refractivity contribution in [2.75, 3.05) is 18.1 Å². The summed E-state index contributed by atoms with van der Waals surface area (Å²) in [5.74, 6) is -0.134. The Labute approximate surface area is 161 Å². The number of aromatic nitrogens is 2. The number of nitrogen functional groups attached to an aromatic ring is 1. The third-order valence-corrected chi connectivity index (χ3v) is 4.85. The van der Waals surface area contributed by atoms with E-state index in [0.29, 0.717) is 29.7 Å². The highest BCUT2D eigenvalue weighted by molar-refractivity contribution is 5.98. The molecule has 1 fully saturated rings. The minimum Gasteiger partial charge on any atom is -0.384 e. The minimum atomic E-state index is -1.24. The van der Waals surface area contributed by atoms with Crippen molar-refractivity contribution in [1.29, 1.82) is 5.41 Å². The summed E-state index contributed by atoms with van der Waals surface area (Å²) < 4.78 is 5.58. The van der Waals surface area contributed by atoms with Crippen LogP contribution in [0.3, 0.4) is 0 Å². The number of aliphatic hydroxyl groups excluding tert-OH is 1. The lowest BCUT2D eigenvalue weighted by atomic mass is 10.1. The van der Waals surface area contributed by atoms with Gasteiger partial charge in [-0.2, -0.15) is 0 Å². The highest BCUT2D eigenvalue weighted by Crippen LogP contribution is 2.27. The zero-order chi connectivity index (χ0) is 19.8. The number of rotatable bonds is 4. The molecule has 1 aliphatic heterocycles. The van der Waals surface area contributed by atoms with E-state index in [9.17, 15) is 9.90 Å². The summed E-state index contributed by atoms with van der Waals surface area (Å²) in [6.45, 7) is 2.72. The maximum absolute atomic E-state index is 12.9. The zero-order valence-corrected chi connectivity index (χ0v) is 15.3. The van der Waals surface area contributed by atoms with E-state index in [-0.39, 0.29) is 17.6 Å². The van der Waals surface area contributed by atoms with Crippen molar-refractivity contribution in [2.45, 2.75) is 19.1 Å². The van der Waals surface area contributed by atoms with E-state index < -0.39 is 12.2 Å². The highest BCUT2D eigenvalue weighted by Gasteiger charge is 2.38. The van der Waals surface area contributed by atoms with E-state index in [1.165, 1.54) is 0 Å². The monoisotopic (exact) mass is 379 g/mol. The van der Waals surface area contributed by atoms with Crippen molar-refractivity contribution >= 4 is 28.5 Å². The van der Waals surface area contributed by atoms with Crippen LogP contribution in [0.5, 0.6) is 0 Å². The summed E-state index contributed by atoms with van der Waals surface area (Å²) in [4.78, 5) is 21.9. The van der Waals surface area contributed by atoms with Crippen LogP contribution >= 0.6 is 0 Å². The van der Waals surface area contributed by atoms with E-state index in [1.54, 1.807) is 23.1 Å². The summed E-state index contributed by atoms with van der Waals surface area (Å²) in [6.07, 6.45) is -2.29. The van der Waals surface area contributed by atoms with Gasteiger partial charge in [0.15, 0.2) is 6.10 Å². The van der Waals surface area contributed by atoms with Gasteiger partial charge < -0.3 is 25.5 Å². The number of benzene rings is 2. The van der Waals surface area contributed by atoms with Gasteiger partial charge in [0, 0.05) is 17.8 Å². The van der Waals surface area contributed by atoms with Crippen LogP contribution in [0.2, 0.25) is 0 Å². The number of carbonyl (C=O) groups is 1. The maximum Gasteiger partial charge on any atom is 0.259 e. The Hall–Kier alpha value is -3.23. The molecule has 1 aliphatic rings. The van der Waals surface area contributed by atoms with Gasteiger partial charge in [-0.05, 0) is 37.3 Å². The van der Waals surface area contributed by atoms with Crippen molar-refractivity contribution in [1.82, 2.24) is 9.97 Å². The second kappa shape index (κ2) is 7.06. The summed E-state index contributed by atoms with van der Waals surface area (Å²) in [5.41, 5.74) is 9.17. The molecule has 28 heavy (non-hydrogen) atoms. The second-order valence-corrected chi connectivity index (χ2v) is 6.83. The number of fused-ring (bicyclic) bond motifs is 1. The van der Waals surface area contributed by atoms with Crippen LogP contribution < -0.4 is 10.6 Å². The zero-order valence-electron chi connectivity index (χ0n) is 15.3. The smallest absolute Gasteiger partial charge is 0.259 e. The number of nitrogens with one attached hydrogen (secondary N) is 2. The third kappa shape index (κ3) is 3.23. The SMILES string of the molecule is Cc1ccc(N2CCOC(C(O)c3nc4ccc(C(=N)N)cc4[nH]3)C2=O)cc1. The summed E-state index contributed by atoms with van der Waals surface area (Å²) in [5, 5.41) is 18.3. The number of hydrogen-bond acceptors (Lipinski definition) is 5. The third-order valence-electron chi connectivity index (χ3n) is 4.85. The first-order chi connectivity index (χ1) is 13.4. The molecular formula is C20H21N5O3. The number of nitrogens with zero attached hydrogens (tertiary/aromatic N) is 2. The molecule has 3 aromatic rings. The highest BCUT2D eigenvalue weighted by atomic mass is 16.5. The van der Waals surface area contributed by atoms with Gasteiger partial charge in [-0.1, -0.05) is 17.7 Å². The second-order valence-electron chi connectivity index (χ2n) is 6.83. The number of amides is 1. The molecule has 5 N–H and O–H groups in total. The van der Waals surface area contributed by atoms with Gasteiger partial charge in [0.1, 0.15) is 17.8 Å². The topological polar surface area (TPSA) is 128 Å². The molecule has 2 unspecified atom stereocenters. The van der Waals surface area contributed by atoms with Gasteiger partial charge >= 0.3 is 0 Å². The number of H-pyrrole nitrogens is 1. The van der Waals surface area contributed by atoms with Gasteiger partial charge in [-0.15, -0.1) is 0 Å². The number of ether oxygens (including phenoxy) is 1. The lowest BCUT2D eigenvalue weighted by molar-refractivity contribution is -0.143. The summed E-state index contributed by atoms with van der Waals surface area (Å²) in [6, 6.07) is 12.7. The van der Waals surface area contributed by atoms with Crippen LogP contribution in [0.15, 0.2) is 42.5 Å². The normalized spacial score (nSPS) is 18.4. The average molecular weight is 379 g/mol. The van der Waals surface area contributed by atoms with Crippen LogP contribution in [0.4, 0.5) is 5.69 Å². The fourth-order valence-corrected chi connectivity index (χ4v) is 3.29.